The normalized spacial score (nSPS) is 16.1. The molecule has 1 aliphatic carbocycles. The summed E-state index contributed by atoms with van der Waals surface area (Å²) in [6.07, 6.45) is 7.45. The summed E-state index contributed by atoms with van der Waals surface area (Å²) in [6.45, 7) is 0.136. The first-order chi connectivity index (χ1) is 18.4. The third kappa shape index (κ3) is 5.15. The Morgan fingerprint density at radius 3 is 2.76 bits per heavy atom. The maximum Gasteiger partial charge on any atom is 0.328 e. The van der Waals surface area contributed by atoms with Gasteiger partial charge in [-0.3, -0.25) is 14.4 Å². The average molecular weight is 521 g/mol. The van der Waals surface area contributed by atoms with E-state index in [0.717, 1.165) is 37.7 Å². The van der Waals surface area contributed by atoms with E-state index in [2.05, 4.69) is 30.9 Å². The number of fused-ring (bicyclic) bond motifs is 2. The smallest absolute Gasteiger partial charge is 0.328 e. The summed E-state index contributed by atoms with van der Waals surface area (Å²) < 4.78 is 10.3. The van der Waals surface area contributed by atoms with Crippen molar-refractivity contribution in [2.45, 2.75) is 44.7 Å². The van der Waals surface area contributed by atoms with E-state index in [9.17, 15) is 19.2 Å². The van der Waals surface area contributed by atoms with Crippen molar-refractivity contribution < 1.29 is 28.7 Å². The number of nitrogens with zero attached hydrogens (tertiary/aromatic N) is 2. The zero-order chi connectivity index (χ0) is 26.6. The van der Waals surface area contributed by atoms with Gasteiger partial charge in [0.05, 0.1) is 23.9 Å². The van der Waals surface area contributed by atoms with Crippen LogP contribution in [0, 0.1) is 5.92 Å². The number of benzene rings is 1. The Morgan fingerprint density at radius 2 is 1.97 bits per heavy atom. The molecular weight excluding hydrogens is 492 g/mol. The second-order valence-corrected chi connectivity index (χ2v) is 9.37. The molecule has 0 bridgehead atoms. The van der Waals surface area contributed by atoms with Gasteiger partial charge in [0.15, 0.2) is 12.3 Å². The summed E-state index contributed by atoms with van der Waals surface area (Å²) in [5.74, 6) is -1.12. The first kappa shape index (κ1) is 25.2. The minimum atomic E-state index is -0.755. The molecule has 1 saturated carbocycles. The van der Waals surface area contributed by atoms with E-state index in [1.807, 2.05) is 0 Å². The van der Waals surface area contributed by atoms with Crippen LogP contribution in [0.1, 0.15) is 58.5 Å². The summed E-state index contributed by atoms with van der Waals surface area (Å²) in [4.78, 5) is 61.5. The fourth-order valence-electron chi connectivity index (χ4n) is 4.97. The second kappa shape index (κ2) is 10.9. The van der Waals surface area contributed by atoms with Gasteiger partial charge in [0.25, 0.3) is 17.7 Å². The van der Waals surface area contributed by atoms with Crippen LogP contribution >= 0.6 is 0 Å². The highest BCUT2D eigenvalue weighted by molar-refractivity contribution is 6.11. The number of anilines is 1. The van der Waals surface area contributed by atoms with Crippen LogP contribution in [-0.2, 0) is 20.9 Å². The number of hydrogen-bond acceptors (Lipinski definition) is 8. The number of rotatable bonds is 7. The van der Waals surface area contributed by atoms with Crippen LogP contribution in [0.3, 0.4) is 0 Å². The highest BCUT2D eigenvalue weighted by Crippen LogP contribution is 2.29. The summed E-state index contributed by atoms with van der Waals surface area (Å²) in [6, 6.07) is 4.48. The number of aromatic amines is 1. The molecule has 1 aliphatic heterocycles. The molecule has 0 spiro atoms. The van der Waals surface area contributed by atoms with Gasteiger partial charge in [-0.1, -0.05) is 25.3 Å². The van der Waals surface area contributed by atoms with Crippen LogP contribution in [0.25, 0.3) is 11.0 Å². The lowest BCUT2D eigenvalue weighted by atomic mass is 9.83. The average Bonchev–Trinajstić information content (AvgIpc) is 3.39. The van der Waals surface area contributed by atoms with Gasteiger partial charge in [-0.25, -0.2) is 14.8 Å². The molecule has 12 nitrogen and oxygen atoms in total. The van der Waals surface area contributed by atoms with Gasteiger partial charge in [0.1, 0.15) is 23.6 Å². The zero-order valence-corrected chi connectivity index (χ0v) is 20.8. The highest BCUT2D eigenvalue weighted by Gasteiger charge is 2.33. The number of nitrogens with one attached hydrogen (secondary N) is 4. The maximum atomic E-state index is 13.2. The van der Waals surface area contributed by atoms with Gasteiger partial charge in [0.2, 0.25) is 0 Å². The molecule has 1 unspecified atom stereocenters. The van der Waals surface area contributed by atoms with Crippen molar-refractivity contribution >= 4 is 40.4 Å². The fraction of sp³-hybridized carbons (Fsp3) is 0.385. The van der Waals surface area contributed by atoms with Crippen molar-refractivity contribution in [3.63, 3.8) is 0 Å². The van der Waals surface area contributed by atoms with Crippen LogP contribution in [-0.4, -0.2) is 58.4 Å². The van der Waals surface area contributed by atoms with Gasteiger partial charge >= 0.3 is 5.97 Å². The van der Waals surface area contributed by atoms with Crippen molar-refractivity contribution in [2.24, 2.45) is 5.92 Å². The molecule has 12 heteroatoms. The predicted octanol–water partition coefficient (Wildman–Crippen LogP) is 2.07. The third-order valence-corrected chi connectivity index (χ3v) is 6.92. The van der Waals surface area contributed by atoms with Crippen LogP contribution in [0.4, 0.5) is 5.69 Å². The lowest BCUT2D eigenvalue weighted by Crippen LogP contribution is -2.47. The Kier molecular flexibility index (Phi) is 7.20. The first-order valence-electron chi connectivity index (χ1n) is 12.5. The minimum absolute atomic E-state index is 0.00444. The van der Waals surface area contributed by atoms with Crippen molar-refractivity contribution in [1.29, 1.82) is 0 Å². The van der Waals surface area contributed by atoms with E-state index in [0.29, 0.717) is 17.0 Å². The summed E-state index contributed by atoms with van der Waals surface area (Å²) in [5, 5.41) is 8.35. The Bertz CT molecular complexity index is 1400. The molecule has 2 aliphatic rings. The molecule has 198 valence electrons. The summed E-state index contributed by atoms with van der Waals surface area (Å²) >= 11 is 0. The number of carbonyl (C=O) groups is 4. The first-order valence-corrected chi connectivity index (χ1v) is 12.5. The number of hydrogen-bond donors (Lipinski definition) is 4. The topological polar surface area (TPSA) is 164 Å². The molecule has 1 fully saturated rings. The van der Waals surface area contributed by atoms with Gasteiger partial charge in [-0.2, -0.15) is 0 Å². The van der Waals surface area contributed by atoms with Gasteiger partial charge < -0.3 is 30.4 Å². The van der Waals surface area contributed by atoms with Crippen LogP contribution in [0.15, 0.2) is 30.7 Å². The molecule has 4 N–H and O–H groups in total. The molecule has 2 aromatic heterocycles. The molecule has 0 radical (unpaired) electrons. The Balaban J connectivity index is 1.31. The molecular formula is C26H28N6O6. The largest absolute Gasteiger partial charge is 0.482 e. The van der Waals surface area contributed by atoms with Gasteiger partial charge in [-0.15, -0.1) is 0 Å². The molecule has 3 amide bonds. The number of esters is 1. The van der Waals surface area contributed by atoms with Gasteiger partial charge in [0, 0.05) is 12.7 Å². The quantitative estimate of drug-likeness (QED) is 0.344. The second-order valence-electron chi connectivity index (χ2n) is 9.37. The Hall–Kier alpha value is -4.48. The minimum Gasteiger partial charge on any atom is -0.482 e. The molecule has 3 aromatic rings. The number of carbonyl (C=O) groups excluding carboxylic acids is 4. The molecule has 3 heterocycles. The lowest BCUT2D eigenvalue weighted by Gasteiger charge is -2.28. The SMILES string of the molecule is COC(=O)C(NC(=O)c1c[nH]c2c(C(=O)NCc3ccc4c(c3)NC(=O)CO4)ncnc12)C1CCCCC1. The number of methoxy groups -OCH3 is 1. The standard InChI is InChI=1S/C26H28N6O6/c1-37-26(36)20(15-5-3-2-4-6-15)32-24(34)16-11-27-22-21(16)29-13-30-23(22)25(35)28-10-14-7-8-18-17(9-14)31-19(33)12-38-18/h7-9,11,13,15,20,27H,2-6,10,12H2,1H3,(H,28,35)(H,31,33)(H,32,34). The van der Waals surface area contributed by atoms with Gasteiger partial charge in [-0.05, 0) is 36.5 Å². The van der Waals surface area contributed by atoms with E-state index in [-0.39, 0.29) is 41.8 Å². The van der Waals surface area contributed by atoms with Crippen LogP contribution in [0.5, 0.6) is 5.75 Å². The third-order valence-electron chi connectivity index (χ3n) is 6.92. The van der Waals surface area contributed by atoms with Crippen molar-refractivity contribution in [3.8, 4) is 5.75 Å². The van der Waals surface area contributed by atoms with E-state index < -0.39 is 23.8 Å². The molecule has 1 aromatic carbocycles. The van der Waals surface area contributed by atoms with E-state index in [1.165, 1.54) is 19.6 Å². The zero-order valence-electron chi connectivity index (χ0n) is 20.8. The van der Waals surface area contributed by atoms with Crippen molar-refractivity contribution in [2.75, 3.05) is 19.0 Å². The molecule has 0 saturated heterocycles. The molecule has 38 heavy (non-hydrogen) atoms. The molecule has 1 atom stereocenters. The number of amides is 3. The Morgan fingerprint density at radius 1 is 1.16 bits per heavy atom. The van der Waals surface area contributed by atoms with Crippen LogP contribution < -0.4 is 20.7 Å². The molecule has 5 rings (SSSR count). The Labute approximate surface area is 217 Å². The maximum absolute atomic E-state index is 13.2. The van der Waals surface area contributed by atoms with Crippen LogP contribution in [0.2, 0.25) is 0 Å². The van der Waals surface area contributed by atoms with Crippen molar-refractivity contribution in [1.82, 2.24) is 25.6 Å². The van der Waals surface area contributed by atoms with E-state index in [1.54, 1.807) is 18.2 Å². The van der Waals surface area contributed by atoms with E-state index >= 15 is 0 Å². The highest BCUT2D eigenvalue weighted by atomic mass is 16.5. The number of H-pyrrole nitrogens is 1. The monoisotopic (exact) mass is 520 g/mol. The predicted molar refractivity (Wildman–Crippen MR) is 135 cm³/mol. The fourth-order valence-corrected chi connectivity index (χ4v) is 4.97. The number of aromatic nitrogens is 3. The summed E-state index contributed by atoms with van der Waals surface area (Å²) in [5.41, 5.74) is 2.12. The summed E-state index contributed by atoms with van der Waals surface area (Å²) in [7, 11) is 1.31. The van der Waals surface area contributed by atoms with E-state index in [4.69, 9.17) is 9.47 Å². The lowest BCUT2D eigenvalue weighted by molar-refractivity contribution is -0.144. The van der Waals surface area contributed by atoms with Crippen molar-refractivity contribution in [3.05, 3.63) is 47.5 Å². The number of ether oxygens (including phenoxy) is 2.